The molecule has 0 aliphatic rings. The van der Waals surface area contributed by atoms with Crippen LogP contribution in [-0.4, -0.2) is 31.0 Å². The smallest absolute Gasteiger partial charge is 0.224 e. The van der Waals surface area contributed by atoms with Gasteiger partial charge in [0.2, 0.25) is 5.91 Å². The maximum atomic E-state index is 12.4. The molecule has 1 N–H and O–H groups in total. The Kier molecular flexibility index (Phi) is 6.48. The lowest BCUT2D eigenvalue weighted by Gasteiger charge is -2.21. The van der Waals surface area contributed by atoms with Crippen LogP contribution in [0.3, 0.4) is 0 Å². The Morgan fingerprint density at radius 1 is 1.09 bits per heavy atom. The SMILES string of the molecule is CCN(Cc1ccccc1)C(=O)CCNc1ccccc1OC. The maximum absolute atomic E-state index is 12.4. The topological polar surface area (TPSA) is 41.6 Å². The van der Waals surface area contributed by atoms with E-state index >= 15 is 0 Å². The van der Waals surface area contributed by atoms with Crippen molar-refractivity contribution in [2.24, 2.45) is 0 Å². The number of nitrogens with one attached hydrogen (secondary N) is 1. The molecule has 122 valence electrons. The number of benzene rings is 2. The molecule has 0 unspecified atom stereocenters. The first-order valence-electron chi connectivity index (χ1n) is 7.93. The first-order valence-corrected chi connectivity index (χ1v) is 7.93. The fourth-order valence-electron chi connectivity index (χ4n) is 2.43. The Balaban J connectivity index is 1.85. The van der Waals surface area contributed by atoms with Crippen LogP contribution in [0, 0.1) is 0 Å². The molecule has 0 saturated heterocycles. The third kappa shape index (κ3) is 5.02. The van der Waals surface area contributed by atoms with Crippen molar-refractivity contribution in [3.8, 4) is 5.75 Å². The summed E-state index contributed by atoms with van der Waals surface area (Å²) in [6.07, 6.45) is 0.457. The second-order valence-corrected chi connectivity index (χ2v) is 5.27. The molecule has 0 heterocycles. The van der Waals surface area contributed by atoms with Gasteiger partial charge in [0, 0.05) is 26.1 Å². The fourth-order valence-corrected chi connectivity index (χ4v) is 2.43. The molecule has 0 radical (unpaired) electrons. The summed E-state index contributed by atoms with van der Waals surface area (Å²) in [5.74, 6) is 0.940. The molecule has 0 atom stereocenters. The van der Waals surface area contributed by atoms with Crippen molar-refractivity contribution in [1.29, 1.82) is 0 Å². The first kappa shape index (κ1) is 16.9. The highest BCUT2D eigenvalue weighted by molar-refractivity contribution is 5.76. The zero-order valence-electron chi connectivity index (χ0n) is 13.8. The number of para-hydroxylation sites is 2. The number of ether oxygens (including phenoxy) is 1. The van der Waals surface area contributed by atoms with Gasteiger partial charge in [0.15, 0.2) is 0 Å². The van der Waals surface area contributed by atoms with Crippen molar-refractivity contribution in [3.63, 3.8) is 0 Å². The van der Waals surface area contributed by atoms with E-state index in [-0.39, 0.29) is 5.91 Å². The van der Waals surface area contributed by atoms with E-state index in [1.54, 1.807) is 7.11 Å². The number of anilines is 1. The van der Waals surface area contributed by atoms with E-state index in [0.29, 0.717) is 26.1 Å². The Hall–Kier alpha value is -2.49. The molecule has 0 spiro atoms. The molecule has 0 saturated carbocycles. The zero-order valence-corrected chi connectivity index (χ0v) is 13.8. The highest BCUT2D eigenvalue weighted by Crippen LogP contribution is 2.22. The van der Waals surface area contributed by atoms with Crippen LogP contribution in [0.2, 0.25) is 0 Å². The minimum Gasteiger partial charge on any atom is -0.495 e. The van der Waals surface area contributed by atoms with E-state index in [4.69, 9.17) is 4.74 Å². The molecule has 0 aliphatic heterocycles. The second-order valence-electron chi connectivity index (χ2n) is 5.27. The molecule has 1 amide bonds. The van der Waals surface area contributed by atoms with Gasteiger partial charge in [-0.2, -0.15) is 0 Å². The van der Waals surface area contributed by atoms with Gasteiger partial charge in [-0.05, 0) is 24.6 Å². The molecular weight excluding hydrogens is 288 g/mol. The largest absolute Gasteiger partial charge is 0.495 e. The van der Waals surface area contributed by atoms with Gasteiger partial charge in [-0.1, -0.05) is 42.5 Å². The highest BCUT2D eigenvalue weighted by Gasteiger charge is 2.12. The Morgan fingerprint density at radius 3 is 2.48 bits per heavy atom. The van der Waals surface area contributed by atoms with Gasteiger partial charge in [0.05, 0.1) is 12.8 Å². The third-order valence-corrected chi connectivity index (χ3v) is 3.71. The van der Waals surface area contributed by atoms with Crippen molar-refractivity contribution in [2.45, 2.75) is 19.9 Å². The van der Waals surface area contributed by atoms with Crippen molar-refractivity contribution in [3.05, 3.63) is 60.2 Å². The van der Waals surface area contributed by atoms with E-state index < -0.39 is 0 Å². The Bertz CT molecular complexity index is 614. The molecule has 2 aromatic rings. The summed E-state index contributed by atoms with van der Waals surface area (Å²) >= 11 is 0. The number of carbonyl (C=O) groups excluding carboxylic acids is 1. The van der Waals surface area contributed by atoms with Crippen molar-refractivity contribution in [2.75, 3.05) is 25.5 Å². The molecule has 0 bridgehead atoms. The normalized spacial score (nSPS) is 10.2. The molecule has 4 heteroatoms. The van der Waals surface area contributed by atoms with Crippen molar-refractivity contribution >= 4 is 11.6 Å². The van der Waals surface area contributed by atoms with E-state index in [2.05, 4.69) is 5.32 Å². The molecule has 2 rings (SSSR count). The summed E-state index contributed by atoms with van der Waals surface area (Å²) in [4.78, 5) is 14.3. The minimum absolute atomic E-state index is 0.152. The van der Waals surface area contributed by atoms with Crippen LogP contribution in [0.25, 0.3) is 0 Å². The number of carbonyl (C=O) groups is 1. The predicted molar refractivity (Wildman–Crippen MR) is 93.6 cm³/mol. The summed E-state index contributed by atoms with van der Waals surface area (Å²) in [6.45, 7) is 3.96. The Morgan fingerprint density at radius 2 is 1.78 bits per heavy atom. The van der Waals surface area contributed by atoms with Gasteiger partial charge in [0.25, 0.3) is 0 Å². The molecule has 4 nitrogen and oxygen atoms in total. The van der Waals surface area contributed by atoms with Crippen LogP contribution in [0.1, 0.15) is 18.9 Å². The monoisotopic (exact) mass is 312 g/mol. The number of nitrogens with zero attached hydrogens (tertiary/aromatic N) is 1. The predicted octanol–water partition coefficient (Wildman–Crippen LogP) is 3.55. The van der Waals surface area contributed by atoms with Crippen LogP contribution in [0.5, 0.6) is 5.75 Å². The van der Waals surface area contributed by atoms with Gasteiger partial charge in [-0.3, -0.25) is 4.79 Å². The van der Waals surface area contributed by atoms with E-state index in [1.165, 1.54) is 0 Å². The van der Waals surface area contributed by atoms with Crippen LogP contribution in [-0.2, 0) is 11.3 Å². The first-order chi connectivity index (χ1) is 11.2. The van der Waals surface area contributed by atoms with E-state index in [0.717, 1.165) is 17.0 Å². The lowest BCUT2D eigenvalue weighted by Crippen LogP contribution is -2.31. The average Bonchev–Trinajstić information content (AvgIpc) is 2.60. The number of hydrogen-bond acceptors (Lipinski definition) is 3. The quantitative estimate of drug-likeness (QED) is 0.810. The standard InChI is InChI=1S/C19H24N2O2/c1-3-21(15-16-9-5-4-6-10-16)19(22)13-14-20-17-11-7-8-12-18(17)23-2/h4-12,20H,3,13-15H2,1-2H3. The van der Waals surface area contributed by atoms with Gasteiger partial charge in [-0.25, -0.2) is 0 Å². The van der Waals surface area contributed by atoms with Crippen LogP contribution in [0.15, 0.2) is 54.6 Å². The van der Waals surface area contributed by atoms with E-state index in [9.17, 15) is 4.79 Å². The number of hydrogen-bond donors (Lipinski definition) is 1. The van der Waals surface area contributed by atoms with Crippen LogP contribution in [0.4, 0.5) is 5.69 Å². The zero-order chi connectivity index (χ0) is 16.5. The molecular formula is C19H24N2O2. The van der Waals surface area contributed by atoms with Gasteiger partial charge in [-0.15, -0.1) is 0 Å². The number of rotatable bonds is 8. The van der Waals surface area contributed by atoms with Gasteiger partial charge < -0.3 is 15.0 Å². The number of amides is 1. The average molecular weight is 312 g/mol. The third-order valence-electron chi connectivity index (χ3n) is 3.71. The highest BCUT2D eigenvalue weighted by atomic mass is 16.5. The second kappa shape index (κ2) is 8.83. The summed E-state index contributed by atoms with van der Waals surface area (Å²) in [6, 6.07) is 17.8. The molecule has 23 heavy (non-hydrogen) atoms. The molecule has 2 aromatic carbocycles. The lowest BCUT2D eigenvalue weighted by atomic mass is 10.2. The summed E-state index contributed by atoms with van der Waals surface area (Å²) in [5, 5.41) is 3.27. The molecule has 0 fully saturated rings. The summed E-state index contributed by atoms with van der Waals surface area (Å²) in [5.41, 5.74) is 2.06. The molecule has 0 aliphatic carbocycles. The maximum Gasteiger partial charge on any atom is 0.224 e. The number of methoxy groups -OCH3 is 1. The Labute approximate surface area is 138 Å². The fraction of sp³-hybridized carbons (Fsp3) is 0.316. The summed E-state index contributed by atoms with van der Waals surface area (Å²) < 4.78 is 5.29. The van der Waals surface area contributed by atoms with Gasteiger partial charge >= 0.3 is 0 Å². The van der Waals surface area contributed by atoms with Crippen molar-refractivity contribution < 1.29 is 9.53 Å². The summed E-state index contributed by atoms with van der Waals surface area (Å²) in [7, 11) is 1.64. The van der Waals surface area contributed by atoms with Crippen LogP contribution >= 0.6 is 0 Å². The van der Waals surface area contributed by atoms with Crippen LogP contribution < -0.4 is 10.1 Å². The van der Waals surface area contributed by atoms with E-state index in [1.807, 2.05) is 66.4 Å². The van der Waals surface area contributed by atoms with Gasteiger partial charge in [0.1, 0.15) is 5.75 Å². The minimum atomic E-state index is 0.152. The lowest BCUT2D eigenvalue weighted by molar-refractivity contribution is -0.131. The molecule has 0 aromatic heterocycles. The van der Waals surface area contributed by atoms with Crippen molar-refractivity contribution in [1.82, 2.24) is 4.90 Å².